The Kier molecular flexibility index (Phi) is 6.53. The summed E-state index contributed by atoms with van der Waals surface area (Å²) in [5.41, 5.74) is 1.80. The lowest BCUT2D eigenvalue weighted by atomic mass is 10.1. The first kappa shape index (κ1) is 20.2. The van der Waals surface area contributed by atoms with Crippen molar-refractivity contribution in [1.82, 2.24) is 4.57 Å². The van der Waals surface area contributed by atoms with Gasteiger partial charge in [0.2, 0.25) is 0 Å². The zero-order valence-electron chi connectivity index (χ0n) is 15.8. The Bertz CT molecular complexity index is 1070. The Morgan fingerprint density at radius 2 is 1.82 bits per heavy atom. The smallest absolute Gasteiger partial charge is 0.337 e. The number of hydrogen-bond acceptors (Lipinski definition) is 6. The van der Waals surface area contributed by atoms with Crippen LogP contribution in [0.15, 0.2) is 47.5 Å². The molecule has 0 saturated carbocycles. The van der Waals surface area contributed by atoms with Crippen LogP contribution in [0.4, 0.5) is 0 Å². The number of fused-ring (bicyclic) bond motifs is 1. The third kappa shape index (κ3) is 4.28. The molecule has 0 unspecified atom stereocenters. The SMILES string of the molecule is COC(=O)c1ccc(C(=O)N=c2sc3ccc(OC)cc3n2CCSC)cc1. The topological polar surface area (TPSA) is 69.9 Å². The van der Waals surface area contributed by atoms with Gasteiger partial charge in [0.05, 0.1) is 30.0 Å². The van der Waals surface area contributed by atoms with Gasteiger partial charge in [0.15, 0.2) is 4.80 Å². The van der Waals surface area contributed by atoms with E-state index in [0.717, 1.165) is 28.3 Å². The first-order valence-corrected chi connectivity index (χ1v) is 10.7. The number of thioether (sulfide) groups is 1. The number of methoxy groups -OCH3 is 2. The van der Waals surface area contributed by atoms with E-state index < -0.39 is 5.97 Å². The highest BCUT2D eigenvalue weighted by molar-refractivity contribution is 7.98. The Morgan fingerprint density at radius 3 is 2.46 bits per heavy atom. The fraction of sp³-hybridized carbons (Fsp3) is 0.250. The average Bonchev–Trinajstić information content (AvgIpc) is 3.07. The second kappa shape index (κ2) is 9.07. The van der Waals surface area contributed by atoms with Gasteiger partial charge >= 0.3 is 5.97 Å². The van der Waals surface area contributed by atoms with Crippen LogP contribution >= 0.6 is 23.1 Å². The van der Waals surface area contributed by atoms with Crippen LogP contribution in [0, 0.1) is 0 Å². The molecule has 0 aliphatic heterocycles. The van der Waals surface area contributed by atoms with Crippen LogP contribution < -0.4 is 9.54 Å². The van der Waals surface area contributed by atoms with Crippen LogP contribution in [-0.2, 0) is 11.3 Å². The van der Waals surface area contributed by atoms with Gasteiger partial charge in [-0.2, -0.15) is 16.8 Å². The number of carbonyl (C=O) groups is 2. The first-order valence-electron chi connectivity index (χ1n) is 8.51. The van der Waals surface area contributed by atoms with Crippen LogP contribution in [-0.4, -0.2) is 42.7 Å². The summed E-state index contributed by atoms with van der Waals surface area (Å²) in [7, 11) is 2.95. The summed E-state index contributed by atoms with van der Waals surface area (Å²) in [5, 5.41) is 0. The van der Waals surface area contributed by atoms with Crippen molar-refractivity contribution in [1.29, 1.82) is 0 Å². The normalized spacial score (nSPS) is 11.6. The molecule has 146 valence electrons. The Balaban J connectivity index is 2.02. The zero-order chi connectivity index (χ0) is 20.1. The number of nitrogens with zero attached hydrogens (tertiary/aromatic N) is 2. The first-order chi connectivity index (χ1) is 13.6. The van der Waals surface area contributed by atoms with E-state index in [-0.39, 0.29) is 5.91 Å². The number of benzene rings is 2. The summed E-state index contributed by atoms with van der Waals surface area (Å²) in [4.78, 5) is 29.2. The van der Waals surface area contributed by atoms with Gasteiger partial charge in [0.1, 0.15) is 5.75 Å². The second-order valence-corrected chi connectivity index (χ2v) is 7.84. The van der Waals surface area contributed by atoms with Gasteiger partial charge < -0.3 is 14.0 Å². The number of aromatic nitrogens is 1. The fourth-order valence-electron chi connectivity index (χ4n) is 2.68. The number of thiazole rings is 1. The van der Waals surface area contributed by atoms with Gasteiger partial charge in [-0.05, 0) is 42.7 Å². The van der Waals surface area contributed by atoms with E-state index in [1.165, 1.54) is 18.4 Å². The van der Waals surface area contributed by atoms with E-state index in [9.17, 15) is 9.59 Å². The molecule has 0 saturated heterocycles. The van der Waals surface area contributed by atoms with E-state index in [1.54, 1.807) is 43.1 Å². The number of amides is 1. The lowest BCUT2D eigenvalue weighted by Crippen LogP contribution is -2.18. The minimum absolute atomic E-state index is 0.354. The van der Waals surface area contributed by atoms with Crippen molar-refractivity contribution in [2.45, 2.75) is 6.54 Å². The highest BCUT2D eigenvalue weighted by Crippen LogP contribution is 2.23. The molecular formula is C20H20N2O4S2. The van der Waals surface area contributed by atoms with Crippen molar-refractivity contribution in [2.24, 2.45) is 4.99 Å². The maximum absolute atomic E-state index is 12.7. The number of esters is 1. The van der Waals surface area contributed by atoms with Crippen molar-refractivity contribution in [3.05, 3.63) is 58.4 Å². The third-order valence-electron chi connectivity index (χ3n) is 4.16. The predicted octanol–water partition coefficient (Wildman–Crippen LogP) is 3.60. The van der Waals surface area contributed by atoms with Gasteiger partial charge in [-0.3, -0.25) is 4.79 Å². The number of hydrogen-bond donors (Lipinski definition) is 0. The molecule has 2 aromatic carbocycles. The molecular weight excluding hydrogens is 396 g/mol. The molecule has 0 N–H and O–H groups in total. The predicted molar refractivity (Wildman–Crippen MR) is 112 cm³/mol. The van der Waals surface area contributed by atoms with E-state index >= 15 is 0 Å². The summed E-state index contributed by atoms with van der Waals surface area (Å²) in [6, 6.07) is 12.1. The highest BCUT2D eigenvalue weighted by atomic mass is 32.2. The van der Waals surface area contributed by atoms with Crippen molar-refractivity contribution >= 4 is 45.2 Å². The second-order valence-electron chi connectivity index (χ2n) is 5.85. The van der Waals surface area contributed by atoms with Crippen molar-refractivity contribution < 1.29 is 19.1 Å². The van der Waals surface area contributed by atoms with Gasteiger partial charge in [0, 0.05) is 23.9 Å². The molecule has 0 fully saturated rings. The quantitative estimate of drug-likeness (QED) is 0.574. The maximum atomic E-state index is 12.7. The van der Waals surface area contributed by atoms with Gasteiger partial charge in [-0.25, -0.2) is 4.79 Å². The van der Waals surface area contributed by atoms with E-state index in [4.69, 9.17) is 4.74 Å². The Hall–Kier alpha value is -2.58. The summed E-state index contributed by atoms with van der Waals surface area (Å²) in [6.45, 7) is 0.738. The fourth-order valence-corrected chi connectivity index (χ4v) is 4.08. The van der Waals surface area contributed by atoms with E-state index in [0.29, 0.717) is 15.9 Å². The summed E-state index contributed by atoms with van der Waals surface area (Å²) < 4.78 is 13.1. The molecule has 0 radical (unpaired) electrons. The average molecular weight is 417 g/mol. The van der Waals surface area contributed by atoms with Crippen molar-refractivity contribution in [2.75, 3.05) is 26.2 Å². The molecule has 0 spiro atoms. The molecule has 0 atom stereocenters. The minimum atomic E-state index is -0.440. The monoisotopic (exact) mass is 416 g/mol. The van der Waals surface area contributed by atoms with Crippen molar-refractivity contribution in [3.8, 4) is 5.75 Å². The minimum Gasteiger partial charge on any atom is -0.497 e. The molecule has 1 aromatic heterocycles. The molecule has 28 heavy (non-hydrogen) atoms. The molecule has 1 heterocycles. The van der Waals surface area contributed by atoms with Crippen LogP contribution in [0.1, 0.15) is 20.7 Å². The molecule has 3 rings (SSSR count). The molecule has 3 aromatic rings. The Morgan fingerprint density at radius 1 is 1.11 bits per heavy atom. The molecule has 0 aliphatic carbocycles. The summed E-state index contributed by atoms with van der Waals surface area (Å²) in [6.07, 6.45) is 2.04. The summed E-state index contributed by atoms with van der Waals surface area (Å²) in [5.74, 6) is 0.870. The largest absolute Gasteiger partial charge is 0.497 e. The maximum Gasteiger partial charge on any atom is 0.337 e. The Labute approximate surface area is 170 Å². The molecule has 1 amide bonds. The van der Waals surface area contributed by atoms with Gasteiger partial charge in [-0.15, -0.1) is 0 Å². The highest BCUT2D eigenvalue weighted by Gasteiger charge is 2.11. The van der Waals surface area contributed by atoms with Crippen LogP contribution in [0.5, 0.6) is 5.75 Å². The van der Waals surface area contributed by atoms with E-state index in [1.807, 2.05) is 29.0 Å². The van der Waals surface area contributed by atoms with Crippen LogP contribution in [0.2, 0.25) is 0 Å². The summed E-state index contributed by atoms with van der Waals surface area (Å²) >= 11 is 3.20. The number of rotatable bonds is 6. The van der Waals surface area contributed by atoms with Crippen molar-refractivity contribution in [3.63, 3.8) is 0 Å². The standard InChI is InChI=1S/C20H20N2O4S2/c1-25-15-8-9-17-16(12-15)22(10-11-27-3)20(28-17)21-18(23)13-4-6-14(7-5-13)19(24)26-2/h4-9,12H,10-11H2,1-3H3. The van der Waals surface area contributed by atoms with Gasteiger partial charge in [0.25, 0.3) is 5.91 Å². The third-order valence-corrected chi connectivity index (χ3v) is 5.81. The number of carbonyl (C=O) groups excluding carboxylic acids is 2. The van der Waals surface area contributed by atoms with Crippen LogP contribution in [0.25, 0.3) is 10.2 Å². The zero-order valence-corrected chi connectivity index (χ0v) is 17.4. The molecule has 0 bridgehead atoms. The number of aryl methyl sites for hydroxylation is 1. The molecule has 8 heteroatoms. The molecule has 0 aliphatic rings. The van der Waals surface area contributed by atoms with Gasteiger partial charge in [-0.1, -0.05) is 11.3 Å². The number of ether oxygens (including phenoxy) is 2. The molecule has 6 nitrogen and oxygen atoms in total. The lowest BCUT2D eigenvalue weighted by molar-refractivity contribution is 0.0600. The van der Waals surface area contributed by atoms with Crippen LogP contribution in [0.3, 0.4) is 0 Å². The van der Waals surface area contributed by atoms with E-state index in [2.05, 4.69) is 9.73 Å². The lowest BCUT2D eigenvalue weighted by Gasteiger charge is -2.05.